The van der Waals surface area contributed by atoms with E-state index in [2.05, 4.69) is 36.6 Å². The minimum Gasteiger partial charge on any atom is -0.373 e. The number of hydrogen-bond donors (Lipinski definition) is 2. The van der Waals surface area contributed by atoms with Gasteiger partial charge < -0.3 is 15.4 Å². The summed E-state index contributed by atoms with van der Waals surface area (Å²) in [6, 6.07) is 8.53. The van der Waals surface area contributed by atoms with Crippen molar-refractivity contribution in [2.45, 2.75) is 38.8 Å². The number of likely N-dealkylation sites (N-methyl/N-ethyl adjacent to an activating group) is 1. The first kappa shape index (κ1) is 15.0. The molecule has 0 radical (unpaired) electrons. The molecule has 1 aliphatic rings. The molecule has 2 N–H and O–H groups in total. The minimum absolute atomic E-state index is 0.0523. The lowest BCUT2D eigenvalue weighted by atomic mass is 9.95. The van der Waals surface area contributed by atoms with E-state index in [0.717, 1.165) is 18.5 Å². The summed E-state index contributed by atoms with van der Waals surface area (Å²) in [6.07, 6.45) is 1.23. The van der Waals surface area contributed by atoms with Crippen molar-refractivity contribution in [2.24, 2.45) is 0 Å². The van der Waals surface area contributed by atoms with Crippen LogP contribution in [0.1, 0.15) is 37.5 Å². The molecule has 20 heavy (non-hydrogen) atoms. The van der Waals surface area contributed by atoms with E-state index in [1.807, 2.05) is 12.1 Å². The maximum Gasteiger partial charge on any atom is 0.223 e. The van der Waals surface area contributed by atoms with Gasteiger partial charge in [-0.3, -0.25) is 4.79 Å². The number of ether oxygens (including phenoxy) is 1. The fourth-order valence-corrected chi connectivity index (χ4v) is 2.57. The van der Waals surface area contributed by atoms with E-state index in [1.165, 1.54) is 5.56 Å². The summed E-state index contributed by atoms with van der Waals surface area (Å²) < 4.78 is 5.75. The molecule has 1 aromatic carbocycles. The first-order valence-electron chi connectivity index (χ1n) is 7.40. The Morgan fingerprint density at radius 3 is 3.05 bits per heavy atom. The molecule has 1 unspecified atom stereocenters. The molecule has 0 aliphatic carbocycles. The molecule has 4 heteroatoms. The molecule has 0 bridgehead atoms. The molecule has 0 spiro atoms. The second kappa shape index (κ2) is 7.41. The van der Waals surface area contributed by atoms with E-state index < -0.39 is 0 Å². The first-order valence-corrected chi connectivity index (χ1v) is 7.40. The summed E-state index contributed by atoms with van der Waals surface area (Å²) >= 11 is 0. The van der Waals surface area contributed by atoms with Crippen LogP contribution in [0.15, 0.2) is 24.3 Å². The number of nitrogens with one attached hydrogen (secondary N) is 2. The topological polar surface area (TPSA) is 50.4 Å². The van der Waals surface area contributed by atoms with Crippen LogP contribution in [0.2, 0.25) is 0 Å². The zero-order valence-corrected chi connectivity index (χ0v) is 12.3. The molecule has 1 heterocycles. The molecule has 2 rings (SSSR count). The Morgan fingerprint density at radius 2 is 2.25 bits per heavy atom. The van der Waals surface area contributed by atoms with Crippen LogP contribution < -0.4 is 10.6 Å². The van der Waals surface area contributed by atoms with Crippen LogP contribution in [-0.4, -0.2) is 31.6 Å². The summed E-state index contributed by atoms with van der Waals surface area (Å²) in [5.74, 6) is 0.0523. The molecule has 4 nitrogen and oxygen atoms in total. The van der Waals surface area contributed by atoms with E-state index in [1.54, 1.807) is 0 Å². The molecule has 0 saturated carbocycles. The number of amides is 1. The normalized spacial score (nSPS) is 19.2. The van der Waals surface area contributed by atoms with Gasteiger partial charge >= 0.3 is 0 Å². The highest BCUT2D eigenvalue weighted by Gasteiger charge is 2.22. The summed E-state index contributed by atoms with van der Waals surface area (Å²) in [5, 5.41) is 6.24. The van der Waals surface area contributed by atoms with Gasteiger partial charge in [-0.15, -0.1) is 0 Å². The average molecular weight is 276 g/mol. The van der Waals surface area contributed by atoms with Gasteiger partial charge in [0.2, 0.25) is 5.91 Å². The van der Waals surface area contributed by atoms with Crippen LogP contribution in [0.5, 0.6) is 0 Å². The lowest BCUT2D eigenvalue weighted by Crippen LogP contribution is -2.39. The predicted molar refractivity (Wildman–Crippen MR) is 79.6 cm³/mol. The largest absolute Gasteiger partial charge is 0.373 e. The molecular formula is C16H24N2O2. The second-order valence-electron chi connectivity index (χ2n) is 5.28. The van der Waals surface area contributed by atoms with Crippen LogP contribution in [0.3, 0.4) is 0 Å². The van der Waals surface area contributed by atoms with Crippen LogP contribution in [0.25, 0.3) is 0 Å². The van der Waals surface area contributed by atoms with E-state index in [0.29, 0.717) is 25.6 Å². The van der Waals surface area contributed by atoms with E-state index in [9.17, 15) is 4.79 Å². The van der Waals surface area contributed by atoms with Crippen molar-refractivity contribution in [1.82, 2.24) is 10.6 Å². The van der Waals surface area contributed by atoms with Crippen LogP contribution in [0.4, 0.5) is 0 Å². The monoisotopic (exact) mass is 276 g/mol. The van der Waals surface area contributed by atoms with Gasteiger partial charge in [-0.25, -0.2) is 0 Å². The van der Waals surface area contributed by atoms with Gasteiger partial charge in [-0.2, -0.15) is 0 Å². The average Bonchev–Trinajstić information content (AvgIpc) is 2.46. The van der Waals surface area contributed by atoms with Crippen molar-refractivity contribution in [3.8, 4) is 0 Å². The zero-order chi connectivity index (χ0) is 14.4. The van der Waals surface area contributed by atoms with Gasteiger partial charge in [0.15, 0.2) is 0 Å². The Balaban J connectivity index is 1.86. The Hall–Kier alpha value is -1.39. The third-order valence-electron chi connectivity index (χ3n) is 3.62. The zero-order valence-electron chi connectivity index (χ0n) is 12.3. The fourth-order valence-electron chi connectivity index (χ4n) is 2.57. The SMILES string of the molecule is CCN[C@H](C)CNC(=O)CC1OCCc2ccccc21. The van der Waals surface area contributed by atoms with Crippen molar-refractivity contribution < 1.29 is 9.53 Å². The Kier molecular flexibility index (Phi) is 5.56. The summed E-state index contributed by atoms with van der Waals surface area (Å²) in [4.78, 5) is 12.0. The van der Waals surface area contributed by atoms with Crippen molar-refractivity contribution in [3.63, 3.8) is 0 Å². The van der Waals surface area contributed by atoms with Gasteiger partial charge in [0.25, 0.3) is 0 Å². The highest BCUT2D eigenvalue weighted by molar-refractivity contribution is 5.76. The highest BCUT2D eigenvalue weighted by Crippen LogP contribution is 2.29. The van der Waals surface area contributed by atoms with Crippen molar-refractivity contribution in [1.29, 1.82) is 0 Å². The van der Waals surface area contributed by atoms with E-state index >= 15 is 0 Å². The predicted octanol–water partition coefficient (Wildman–Crippen LogP) is 1.80. The minimum atomic E-state index is -0.102. The van der Waals surface area contributed by atoms with Gasteiger partial charge in [0, 0.05) is 12.6 Å². The molecule has 1 amide bonds. The van der Waals surface area contributed by atoms with Crippen molar-refractivity contribution >= 4 is 5.91 Å². The maximum absolute atomic E-state index is 12.0. The fraction of sp³-hybridized carbons (Fsp3) is 0.562. The lowest BCUT2D eigenvalue weighted by Gasteiger charge is -2.25. The van der Waals surface area contributed by atoms with Gasteiger partial charge in [-0.05, 0) is 31.0 Å². The number of hydrogen-bond acceptors (Lipinski definition) is 3. The Morgan fingerprint density at radius 1 is 1.45 bits per heavy atom. The van der Waals surface area contributed by atoms with E-state index in [4.69, 9.17) is 4.74 Å². The highest BCUT2D eigenvalue weighted by atomic mass is 16.5. The third kappa shape index (κ3) is 4.05. The second-order valence-corrected chi connectivity index (χ2v) is 5.28. The van der Waals surface area contributed by atoms with E-state index in [-0.39, 0.29) is 12.0 Å². The number of benzene rings is 1. The molecule has 1 aromatic rings. The molecule has 0 aromatic heterocycles. The lowest BCUT2D eigenvalue weighted by molar-refractivity contribution is -0.124. The quantitative estimate of drug-likeness (QED) is 0.833. The molecular weight excluding hydrogens is 252 g/mol. The van der Waals surface area contributed by atoms with Crippen molar-refractivity contribution in [3.05, 3.63) is 35.4 Å². The third-order valence-corrected chi connectivity index (χ3v) is 3.62. The molecule has 110 valence electrons. The standard InChI is InChI=1S/C16H24N2O2/c1-3-17-12(2)11-18-16(19)10-15-14-7-5-4-6-13(14)8-9-20-15/h4-7,12,15,17H,3,8-11H2,1-2H3,(H,18,19)/t12-,15?/m1/s1. The summed E-state index contributed by atoms with van der Waals surface area (Å²) in [5.41, 5.74) is 2.46. The van der Waals surface area contributed by atoms with Gasteiger partial charge in [0.05, 0.1) is 19.1 Å². The Bertz CT molecular complexity index is 448. The number of rotatable bonds is 6. The smallest absolute Gasteiger partial charge is 0.223 e. The molecule has 2 atom stereocenters. The number of carbonyl (C=O) groups is 1. The van der Waals surface area contributed by atoms with Crippen molar-refractivity contribution in [2.75, 3.05) is 19.7 Å². The van der Waals surface area contributed by atoms with Gasteiger partial charge in [-0.1, -0.05) is 31.2 Å². The first-order chi connectivity index (χ1) is 9.70. The number of fused-ring (bicyclic) bond motifs is 1. The molecule has 0 saturated heterocycles. The van der Waals surface area contributed by atoms with Crippen LogP contribution >= 0.6 is 0 Å². The maximum atomic E-state index is 12.0. The van der Waals surface area contributed by atoms with Crippen LogP contribution in [-0.2, 0) is 16.0 Å². The molecule has 0 fully saturated rings. The number of carbonyl (C=O) groups excluding carboxylic acids is 1. The summed E-state index contributed by atoms with van der Waals surface area (Å²) in [6.45, 7) is 6.39. The molecule has 1 aliphatic heterocycles. The van der Waals surface area contributed by atoms with Crippen LogP contribution in [0, 0.1) is 0 Å². The van der Waals surface area contributed by atoms with Gasteiger partial charge in [0.1, 0.15) is 0 Å². The Labute approximate surface area is 120 Å². The summed E-state index contributed by atoms with van der Waals surface area (Å²) in [7, 11) is 0.